The van der Waals surface area contributed by atoms with Gasteiger partial charge in [-0.1, -0.05) is 140 Å². The number of carbonyl (C=O) groups excluding carboxylic acids is 1. The van der Waals surface area contributed by atoms with E-state index in [-0.39, 0.29) is 11.7 Å². The summed E-state index contributed by atoms with van der Waals surface area (Å²) in [6.07, 6.45) is 2.25. The van der Waals surface area contributed by atoms with Gasteiger partial charge in [0, 0.05) is 11.5 Å². The average Bonchev–Trinajstić information content (AvgIpc) is 3.86. The summed E-state index contributed by atoms with van der Waals surface area (Å²) in [6, 6.07) is 49.6. The fourth-order valence-corrected chi connectivity index (χ4v) is 6.33. The predicted octanol–water partition coefficient (Wildman–Crippen LogP) is 7.51. The molecule has 6 aromatic rings. The molecule has 0 N–H and O–H groups in total. The molecule has 6 heteroatoms. The maximum Gasteiger partial charge on any atom is 0.184 e. The van der Waals surface area contributed by atoms with Crippen LogP contribution < -0.4 is 0 Å². The molecule has 0 spiro atoms. The number of nitrogens with zero attached hydrogens (tertiary/aromatic N) is 5. The molecule has 1 atom stereocenters. The van der Waals surface area contributed by atoms with Crippen molar-refractivity contribution in [2.45, 2.75) is 24.8 Å². The van der Waals surface area contributed by atoms with Crippen molar-refractivity contribution >= 4 is 5.78 Å². The van der Waals surface area contributed by atoms with E-state index in [1.165, 1.54) is 0 Å². The Bertz CT molecular complexity index is 1860. The number of aromatic nitrogens is 4. The number of Topliss-reactive ketones (excluding diaryl/α,β-unsaturated/α-hetero) is 1. The van der Waals surface area contributed by atoms with E-state index in [9.17, 15) is 10.1 Å². The third-order valence-electron chi connectivity index (χ3n) is 8.71. The summed E-state index contributed by atoms with van der Waals surface area (Å²) >= 11 is 0. The number of carbonyl (C=O) groups is 1. The third-order valence-corrected chi connectivity index (χ3v) is 8.71. The lowest BCUT2D eigenvalue weighted by molar-refractivity contribution is -0.122. The average molecular weight is 586 g/mol. The van der Waals surface area contributed by atoms with E-state index in [0.29, 0.717) is 12.2 Å². The van der Waals surface area contributed by atoms with Crippen LogP contribution in [0.4, 0.5) is 0 Å². The van der Waals surface area contributed by atoms with Gasteiger partial charge in [-0.3, -0.25) is 4.79 Å². The number of hydrogen-bond donors (Lipinski definition) is 0. The minimum Gasteiger partial charge on any atom is -0.298 e. The maximum atomic E-state index is 12.6. The summed E-state index contributed by atoms with van der Waals surface area (Å²) < 4.78 is 1.95. The maximum absolute atomic E-state index is 12.6. The highest BCUT2D eigenvalue weighted by molar-refractivity contribution is 5.87. The molecule has 1 heterocycles. The van der Waals surface area contributed by atoms with Crippen LogP contribution in [0, 0.1) is 23.2 Å². The van der Waals surface area contributed by atoms with Gasteiger partial charge in [0.15, 0.2) is 11.6 Å². The second-order valence-corrected chi connectivity index (χ2v) is 11.5. The molecule has 6 nitrogen and oxygen atoms in total. The lowest BCUT2D eigenvalue weighted by Gasteiger charge is -2.36. The highest BCUT2D eigenvalue weighted by Crippen LogP contribution is 2.43. The molecule has 1 aliphatic carbocycles. The normalized spacial score (nSPS) is 13.6. The zero-order valence-electron chi connectivity index (χ0n) is 24.7. The Labute approximate surface area is 262 Å². The molecule has 0 saturated heterocycles. The lowest BCUT2D eigenvalue weighted by Crippen LogP contribution is -2.39. The molecule has 1 fully saturated rings. The van der Waals surface area contributed by atoms with Crippen LogP contribution in [-0.4, -0.2) is 26.0 Å². The summed E-state index contributed by atoms with van der Waals surface area (Å²) in [4.78, 5) is 12.6. The first kappa shape index (κ1) is 28.1. The van der Waals surface area contributed by atoms with E-state index < -0.39 is 11.5 Å². The molecule has 1 saturated carbocycles. The summed E-state index contributed by atoms with van der Waals surface area (Å²) in [5, 5.41) is 23.3. The molecule has 0 aliphatic heterocycles. The topological polar surface area (TPSA) is 84.5 Å². The third kappa shape index (κ3) is 5.23. The first-order valence-corrected chi connectivity index (χ1v) is 15.3. The number of benzene rings is 5. The first-order chi connectivity index (χ1) is 22.2. The van der Waals surface area contributed by atoms with Gasteiger partial charge in [-0.15, -0.1) is 5.10 Å². The number of nitriles is 1. The van der Waals surface area contributed by atoms with Crippen LogP contribution in [0.15, 0.2) is 140 Å². The van der Waals surface area contributed by atoms with E-state index in [0.717, 1.165) is 51.8 Å². The molecule has 0 bridgehead atoms. The monoisotopic (exact) mass is 585 g/mol. The van der Waals surface area contributed by atoms with Crippen LogP contribution in [0.25, 0.3) is 22.5 Å². The van der Waals surface area contributed by atoms with E-state index in [1.54, 1.807) is 0 Å². The van der Waals surface area contributed by atoms with Gasteiger partial charge >= 0.3 is 0 Å². The van der Waals surface area contributed by atoms with Crippen molar-refractivity contribution in [2.24, 2.45) is 11.8 Å². The second-order valence-electron chi connectivity index (χ2n) is 11.5. The van der Waals surface area contributed by atoms with Gasteiger partial charge in [-0.05, 0) is 63.1 Å². The van der Waals surface area contributed by atoms with E-state index >= 15 is 0 Å². The largest absolute Gasteiger partial charge is 0.298 e. The smallest absolute Gasteiger partial charge is 0.184 e. The van der Waals surface area contributed by atoms with Gasteiger partial charge in [-0.25, -0.2) is 4.68 Å². The lowest BCUT2D eigenvalue weighted by atomic mass is 9.77. The van der Waals surface area contributed by atoms with Crippen molar-refractivity contribution in [2.75, 3.05) is 0 Å². The van der Waals surface area contributed by atoms with E-state index in [4.69, 9.17) is 5.21 Å². The van der Waals surface area contributed by atoms with Crippen LogP contribution >= 0.6 is 0 Å². The molecule has 1 unspecified atom stereocenters. The number of rotatable bonds is 10. The SMILES string of the molecule is N#CC(Cc1ccc(-c2ccccc2-c2nnnn2C(c2ccccc2)(c2ccccc2)c2ccccc2)cc1)C(=O)C1CC1. The second kappa shape index (κ2) is 12.1. The van der Waals surface area contributed by atoms with Gasteiger partial charge < -0.3 is 0 Å². The highest BCUT2D eigenvalue weighted by Gasteiger charge is 2.42. The van der Waals surface area contributed by atoms with Crippen molar-refractivity contribution in [1.29, 1.82) is 5.26 Å². The quantitative estimate of drug-likeness (QED) is 0.155. The number of tetrazole rings is 1. The minimum atomic E-state index is -0.861. The van der Waals surface area contributed by atoms with Crippen molar-refractivity contribution in [3.8, 4) is 28.6 Å². The van der Waals surface area contributed by atoms with Crippen LogP contribution in [-0.2, 0) is 16.8 Å². The van der Waals surface area contributed by atoms with Crippen LogP contribution in [0.5, 0.6) is 0 Å². The zero-order valence-corrected chi connectivity index (χ0v) is 24.7. The van der Waals surface area contributed by atoms with Gasteiger partial charge in [0.25, 0.3) is 0 Å². The first-order valence-electron chi connectivity index (χ1n) is 15.3. The summed E-state index contributed by atoms with van der Waals surface area (Å²) in [5.74, 6) is 0.187. The molecule has 7 rings (SSSR count). The number of hydrogen-bond acceptors (Lipinski definition) is 5. The molecular formula is C39H31N5O. The molecule has 45 heavy (non-hydrogen) atoms. The van der Waals surface area contributed by atoms with Crippen LogP contribution in [0.2, 0.25) is 0 Å². The Morgan fingerprint density at radius 1 is 0.733 bits per heavy atom. The molecule has 218 valence electrons. The molecule has 5 aromatic carbocycles. The number of ketones is 1. The molecule has 1 aliphatic rings. The zero-order chi connectivity index (χ0) is 30.6. The fraction of sp³-hybridized carbons (Fsp3) is 0.154. The van der Waals surface area contributed by atoms with Gasteiger partial charge in [0.1, 0.15) is 11.5 Å². The Kier molecular flexibility index (Phi) is 7.59. The van der Waals surface area contributed by atoms with Gasteiger partial charge in [-0.2, -0.15) is 5.26 Å². The minimum absolute atomic E-state index is 0.0709. The fourth-order valence-electron chi connectivity index (χ4n) is 6.33. The van der Waals surface area contributed by atoms with Crippen LogP contribution in [0.1, 0.15) is 35.1 Å². The summed E-state index contributed by atoms with van der Waals surface area (Å²) in [6.45, 7) is 0. The van der Waals surface area contributed by atoms with E-state index in [2.05, 4.69) is 77.0 Å². The standard InChI is InChI=1S/C39H31N5O/c40-27-31(37(45)30-24-25-30)26-28-20-22-29(23-21-28)35-18-10-11-19-36(35)38-41-42-43-44(38)39(32-12-4-1-5-13-32,33-14-6-2-7-15-33)34-16-8-3-9-17-34/h1-23,30-31H,24-26H2. The summed E-state index contributed by atoms with van der Waals surface area (Å²) in [5.41, 5.74) is 6.07. The van der Waals surface area contributed by atoms with E-state index in [1.807, 2.05) is 83.5 Å². The predicted molar refractivity (Wildman–Crippen MR) is 174 cm³/mol. The van der Waals surface area contributed by atoms with Crippen molar-refractivity contribution in [3.05, 3.63) is 162 Å². The molecule has 0 radical (unpaired) electrons. The summed E-state index contributed by atoms with van der Waals surface area (Å²) in [7, 11) is 0. The van der Waals surface area contributed by atoms with Gasteiger partial charge in [0.2, 0.25) is 0 Å². The Balaban J connectivity index is 1.36. The Morgan fingerprint density at radius 3 is 1.76 bits per heavy atom. The Morgan fingerprint density at radius 2 is 1.24 bits per heavy atom. The Hall–Kier alpha value is -5.67. The molecular weight excluding hydrogens is 554 g/mol. The van der Waals surface area contributed by atoms with Crippen molar-refractivity contribution < 1.29 is 4.79 Å². The van der Waals surface area contributed by atoms with Crippen LogP contribution in [0.3, 0.4) is 0 Å². The molecule has 0 amide bonds. The highest BCUT2D eigenvalue weighted by atomic mass is 16.1. The van der Waals surface area contributed by atoms with Gasteiger partial charge in [0.05, 0.1) is 6.07 Å². The van der Waals surface area contributed by atoms with Crippen molar-refractivity contribution in [3.63, 3.8) is 0 Å². The molecule has 1 aromatic heterocycles. The van der Waals surface area contributed by atoms with Crippen molar-refractivity contribution in [1.82, 2.24) is 20.2 Å².